The molecule has 246 valence electrons. The van der Waals surface area contributed by atoms with Crippen molar-refractivity contribution in [1.29, 1.82) is 0 Å². The highest BCUT2D eigenvalue weighted by Gasteiger charge is 2.31. The third-order valence-corrected chi connectivity index (χ3v) is 10.8. The van der Waals surface area contributed by atoms with Crippen LogP contribution in [0.4, 0.5) is 0 Å². The van der Waals surface area contributed by atoms with E-state index in [1.807, 2.05) is 42.5 Å². The van der Waals surface area contributed by atoms with Gasteiger partial charge in [0.05, 0.1) is 18.1 Å². The van der Waals surface area contributed by atoms with Gasteiger partial charge in [-0.05, 0) is 60.2 Å². The summed E-state index contributed by atoms with van der Waals surface area (Å²) in [5.41, 5.74) is 2.68. The van der Waals surface area contributed by atoms with E-state index in [4.69, 9.17) is 16.3 Å². The van der Waals surface area contributed by atoms with Crippen molar-refractivity contribution in [3.8, 4) is 0 Å². The molecule has 46 heavy (non-hydrogen) atoms. The standard InChI is InChI=1S/C35H43ClN4O5S/c36-31-13-8-30(9-14-31)27-40(34(41)17-12-28-10-15-32(16-11-28)46(43,44)39-19-4-5-20-39)33(26-29-6-2-1-3-7-29)35(42)37-18-21-38-22-24-45-25-23-38/h1-3,6-11,13-16,33H,4-5,12,17-27H2,(H,37,42). The molecule has 5 rings (SSSR count). The fourth-order valence-electron chi connectivity index (χ4n) is 5.92. The first-order valence-corrected chi connectivity index (χ1v) is 17.9. The molecule has 3 aromatic rings. The molecule has 2 heterocycles. The summed E-state index contributed by atoms with van der Waals surface area (Å²) in [6.07, 6.45) is 2.70. The van der Waals surface area contributed by atoms with Gasteiger partial charge < -0.3 is 15.0 Å². The van der Waals surface area contributed by atoms with E-state index in [1.165, 1.54) is 4.31 Å². The lowest BCUT2D eigenvalue weighted by atomic mass is 10.0. The molecule has 2 aliphatic rings. The Hall–Kier alpha value is -3.28. The van der Waals surface area contributed by atoms with Crippen LogP contribution in [0.5, 0.6) is 0 Å². The number of nitrogens with zero attached hydrogens (tertiary/aromatic N) is 3. The monoisotopic (exact) mass is 666 g/mol. The topological polar surface area (TPSA) is 99.3 Å². The first-order valence-electron chi connectivity index (χ1n) is 16.0. The zero-order chi connectivity index (χ0) is 32.4. The van der Waals surface area contributed by atoms with Gasteiger partial charge in [-0.15, -0.1) is 0 Å². The largest absolute Gasteiger partial charge is 0.379 e. The number of rotatable bonds is 14. The van der Waals surface area contributed by atoms with Gasteiger partial charge in [-0.2, -0.15) is 4.31 Å². The van der Waals surface area contributed by atoms with E-state index in [0.717, 1.165) is 42.6 Å². The van der Waals surface area contributed by atoms with Crippen molar-refractivity contribution in [1.82, 2.24) is 19.4 Å². The van der Waals surface area contributed by atoms with Crippen molar-refractivity contribution >= 4 is 33.4 Å². The summed E-state index contributed by atoms with van der Waals surface area (Å²) < 4.78 is 32.9. The van der Waals surface area contributed by atoms with E-state index in [-0.39, 0.29) is 29.7 Å². The van der Waals surface area contributed by atoms with E-state index >= 15 is 0 Å². The number of nitrogens with one attached hydrogen (secondary N) is 1. The number of ether oxygens (including phenoxy) is 1. The van der Waals surface area contributed by atoms with E-state index in [0.29, 0.717) is 57.3 Å². The van der Waals surface area contributed by atoms with Crippen molar-refractivity contribution in [2.24, 2.45) is 0 Å². The van der Waals surface area contributed by atoms with Crippen molar-refractivity contribution in [2.45, 2.75) is 49.6 Å². The van der Waals surface area contributed by atoms with Crippen LogP contribution in [-0.4, -0.2) is 92.9 Å². The lowest BCUT2D eigenvalue weighted by Gasteiger charge is -2.32. The number of carbonyl (C=O) groups excluding carboxylic acids is 2. The number of morpholine rings is 1. The number of carbonyl (C=O) groups is 2. The highest BCUT2D eigenvalue weighted by atomic mass is 35.5. The maximum absolute atomic E-state index is 14.0. The van der Waals surface area contributed by atoms with Crippen molar-refractivity contribution < 1.29 is 22.7 Å². The maximum atomic E-state index is 14.0. The molecule has 3 aromatic carbocycles. The van der Waals surface area contributed by atoms with Gasteiger partial charge in [-0.3, -0.25) is 14.5 Å². The molecule has 11 heteroatoms. The second kappa shape index (κ2) is 16.5. The Kier molecular flexibility index (Phi) is 12.2. The molecule has 2 amide bonds. The Morgan fingerprint density at radius 3 is 2.17 bits per heavy atom. The first-order chi connectivity index (χ1) is 22.3. The molecule has 0 radical (unpaired) electrons. The summed E-state index contributed by atoms with van der Waals surface area (Å²) >= 11 is 6.15. The van der Waals surface area contributed by atoms with Crippen LogP contribution < -0.4 is 5.32 Å². The van der Waals surface area contributed by atoms with E-state index < -0.39 is 16.1 Å². The molecular formula is C35H43ClN4O5S. The summed E-state index contributed by atoms with van der Waals surface area (Å²) in [7, 11) is -3.51. The van der Waals surface area contributed by atoms with Crippen molar-refractivity contribution in [2.75, 3.05) is 52.5 Å². The number of benzene rings is 3. The highest BCUT2D eigenvalue weighted by Crippen LogP contribution is 2.22. The van der Waals surface area contributed by atoms with Crippen LogP contribution in [0, 0.1) is 0 Å². The van der Waals surface area contributed by atoms with E-state index in [2.05, 4.69) is 10.2 Å². The summed E-state index contributed by atoms with van der Waals surface area (Å²) in [6, 6.07) is 23.1. The molecule has 2 fully saturated rings. The quantitative estimate of drug-likeness (QED) is 0.278. The number of halogens is 1. The molecule has 1 unspecified atom stereocenters. The van der Waals surface area contributed by atoms with Crippen LogP contribution in [0.3, 0.4) is 0 Å². The molecule has 0 saturated carbocycles. The summed E-state index contributed by atoms with van der Waals surface area (Å²) in [6.45, 7) is 5.56. The van der Waals surface area contributed by atoms with Gasteiger partial charge in [0.1, 0.15) is 6.04 Å². The normalized spacial score (nSPS) is 16.6. The number of sulfonamides is 1. The minimum absolute atomic E-state index is 0.159. The molecule has 9 nitrogen and oxygen atoms in total. The van der Waals surface area contributed by atoms with E-state index in [1.54, 1.807) is 41.3 Å². The summed E-state index contributed by atoms with van der Waals surface area (Å²) in [5, 5.41) is 3.70. The first kappa shape index (κ1) is 34.1. The van der Waals surface area contributed by atoms with Gasteiger partial charge in [-0.1, -0.05) is 66.2 Å². The lowest BCUT2D eigenvalue weighted by Crippen LogP contribution is -2.52. The van der Waals surface area contributed by atoms with Gasteiger partial charge >= 0.3 is 0 Å². The van der Waals surface area contributed by atoms with Crippen molar-refractivity contribution in [3.05, 3.63) is 101 Å². The Balaban J connectivity index is 1.32. The van der Waals surface area contributed by atoms with Crippen LogP contribution in [0.2, 0.25) is 5.02 Å². The predicted molar refractivity (Wildman–Crippen MR) is 179 cm³/mol. The number of aryl methyl sites for hydroxylation is 1. The van der Waals surface area contributed by atoms with Gasteiger partial charge in [-0.25, -0.2) is 8.42 Å². The summed E-state index contributed by atoms with van der Waals surface area (Å²) in [4.78, 5) is 32.1. The summed E-state index contributed by atoms with van der Waals surface area (Å²) in [5.74, 6) is -0.358. The minimum Gasteiger partial charge on any atom is -0.379 e. The molecule has 1 N–H and O–H groups in total. The molecule has 0 spiro atoms. The molecule has 2 saturated heterocycles. The molecular weight excluding hydrogens is 624 g/mol. The average molecular weight is 667 g/mol. The zero-order valence-electron chi connectivity index (χ0n) is 26.2. The smallest absolute Gasteiger partial charge is 0.243 e. The molecule has 0 aliphatic carbocycles. The van der Waals surface area contributed by atoms with Crippen LogP contribution >= 0.6 is 11.6 Å². The van der Waals surface area contributed by atoms with Crippen LogP contribution in [0.1, 0.15) is 36.0 Å². The van der Waals surface area contributed by atoms with E-state index in [9.17, 15) is 18.0 Å². The third kappa shape index (κ3) is 9.39. The average Bonchev–Trinajstić information content (AvgIpc) is 3.64. The predicted octanol–water partition coefficient (Wildman–Crippen LogP) is 4.15. The number of amides is 2. The number of hydrogen-bond donors (Lipinski definition) is 1. The Bertz CT molecular complexity index is 1530. The fourth-order valence-corrected chi connectivity index (χ4v) is 7.56. The Morgan fingerprint density at radius 2 is 1.50 bits per heavy atom. The van der Waals surface area contributed by atoms with Crippen LogP contribution in [-0.2, 0) is 43.7 Å². The molecule has 0 bridgehead atoms. The minimum atomic E-state index is -3.51. The fraction of sp³-hybridized carbons (Fsp3) is 0.429. The van der Waals surface area contributed by atoms with Gasteiger partial charge in [0.15, 0.2) is 0 Å². The zero-order valence-corrected chi connectivity index (χ0v) is 27.7. The SMILES string of the molecule is O=C(NCCN1CCOCC1)C(Cc1ccccc1)N(Cc1ccc(Cl)cc1)C(=O)CCc1ccc(S(=O)(=O)N2CCCC2)cc1. The van der Waals surface area contributed by atoms with Crippen molar-refractivity contribution in [3.63, 3.8) is 0 Å². The Morgan fingerprint density at radius 1 is 0.848 bits per heavy atom. The van der Waals surface area contributed by atoms with Gasteiger partial charge in [0.25, 0.3) is 0 Å². The van der Waals surface area contributed by atoms with Crippen LogP contribution in [0.25, 0.3) is 0 Å². The molecule has 1 atom stereocenters. The maximum Gasteiger partial charge on any atom is 0.243 e. The molecule has 2 aliphatic heterocycles. The third-order valence-electron chi connectivity index (χ3n) is 8.62. The van der Waals surface area contributed by atoms with Gasteiger partial charge in [0, 0.05) is 63.7 Å². The van der Waals surface area contributed by atoms with Crippen LogP contribution in [0.15, 0.2) is 83.8 Å². The lowest BCUT2D eigenvalue weighted by molar-refractivity contribution is -0.141. The number of hydrogen-bond acceptors (Lipinski definition) is 6. The Labute approximate surface area is 277 Å². The second-order valence-corrected chi connectivity index (χ2v) is 14.2. The molecule has 0 aromatic heterocycles. The second-order valence-electron chi connectivity index (χ2n) is 11.9. The highest BCUT2D eigenvalue weighted by molar-refractivity contribution is 7.89. The van der Waals surface area contributed by atoms with Gasteiger partial charge in [0.2, 0.25) is 21.8 Å².